The van der Waals surface area contributed by atoms with Crippen LogP contribution in [0.3, 0.4) is 0 Å². The monoisotopic (exact) mass is 602 g/mol. The van der Waals surface area contributed by atoms with Gasteiger partial charge in [-0.05, 0) is 79.6 Å². The highest BCUT2D eigenvalue weighted by atomic mass is 35.5. The highest BCUT2D eigenvalue weighted by Crippen LogP contribution is 2.37. The third-order valence-electron chi connectivity index (χ3n) is 5.87. The summed E-state index contributed by atoms with van der Waals surface area (Å²) in [6.07, 6.45) is -8.19. The van der Waals surface area contributed by atoms with Crippen molar-refractivity contribution >= 4 is 40.9 Å². The Morgan fingerprint density at radius 1 is 0.900 bits per heavy atom. The molecule has 0 saturated carbocycles. The van der Waals surface area contributed by atoms with Crippen molar-refractivity contribution in [3.63, 3.8) is 0 Å². The van der Waals surface area contributed by atoms with Crippen molar-refractivity contribution in [2.24, 2.45) is 0 Å². The van der Waals surface area contributed by atoms with E-state index in [-0.39, 0.29) is 40.2 Å². The maximum Gasteiger partial charge on any atom is 0.416 e. The van der Waals surface area contributed by atoms with Crippen LogP contribution in [0.5, 0.6) is 0 Å². The van der Waals surface area contributed by atoms with Crippen LogP contribution in [0.25, 0.3) is 0 Å². The lowest BCUT2D eigenvalue weighted by Gasteiger charge is -2.17. The molecule has 0 fully saturated rings. The predicted molar refractivity (Wildman–Crippen MR) is 145 cm³/mol. The second-order valence-electron chi connectivity index (χ2n) is 9.19. The molecule has 0 spiro atoms. The molecule has 0 unspecified atom stereocenters. The number of aryl methyl sites for hydroxylation is 1. The second kappa shape index (κ2) is 12.6. The lowest BCUT2D eigenvalue weighted by Crippen LogP contribution is -2.35. The summed E-state index contributed by atoms with van der Waals surface area (Å²) >= 11 is 7.82. The quantitative estimate of drug-likeness (QED) is 0.257. The Kier molecular flexibility index (Phi) is 9.84. The van der Waals surface area contributed by atoms with E-state index in [9.17, 15) is 35.9 Å². The van der Waals surface area contributed by atoms with E-state index in [0.29, 0.717) is 34.7 Å². The zero-order valence-electron chi connectivity index (χ0n) is 21.6. The van der Waals surface area contributed by atoms with Gasteiger partial charge in [0.1, 0.15) is 0 Å². The van der Waals surface area contributed by atoms with Gasteiger partial charge in [0.2, 0.25) is 0 Å². The van der Waals surface area contributed by atoms with E-state index in [1.165, 1.54) is 24.3 Å². The molecule has 214 valence electrons. The molecule has 0 heterocycles. The number of hydrogen-bond donors (Lipinski definition) is 2. The first kappa shape index (κ1) is 31.3. The van der Waals surface area contributed by atoms with E-state index in [1.54, 1.807) is 30.8 Å². The molecule has 0 aliphatic heterocycles. The molecule has 0 aliphatic rings. The maximum absolute atomic E-state index is 13.2. The average Bonchev–Trinajstić information content (AvgIpc) is 2.84. The lowest BCUT2D eigenvalue weighted by atomic mass is 9.98. The molecular weight excluding hydrogens is 578 g/mol. The van der Waals surface area contributed by atoms with Crippen molar-refractivity contribution in [3.8, 4) is 0 Å². The molecule has 0 aliphatic carbocycles. The zero-order chi connectivity index (χ0) is 29.8. The molecule has 0 bridgehead atoms. The number of carbonyl (C=O) groups is 2. The lowest BCUT2D eigenvalue weighted by molar-refractivity contribution is -0.143. The van der Waals surface area contributed by atoms with Crippen LogP contribution in [0, 0.1) is 6.92 Å². The Bertz CT molecular complexity index is 1380. The van der Waals surface area contributed by atoms with Gasteiger partial charge in [0.15, 0.2) is 0 Å². The van der Waals surface area contributed by atoms with Gasteiger partial charge in [0.05, 0.1) is 27.3 Å². The third kappa shape index (κ3) is 7.94. The molecular formula is C28H25ClF6N2O2S. The Hall–Kier alpha value is -3.18. The Morgan fingerprint density at radius 2 is 1.52 bits per heavy atom. The van der Waals surface area contributed by atoms with Crippen LogP contribution >= 0.6 is 23.4 Å². The summed E-state index contributed by atoms with van der Waals surface area (Å²) in [5.41, 5.74) is -1.64. The smallest absolute Gasteiger partial charge is 0.349 e. The molecule has 0 saturated heterocycles. The van der Waals surface area contributed by atoms with Crippen molar-refractivity contribution in [1.82, 2.24) is 5.32 Å². The molecule has 1 atom stereocenters. The summed E-state index contributed by atoms with van der Waals surface area (Å²) in [5, 5.41) is 5.56. The van der Waals surface area contributed by atoms with Crippen molar-refractivity contribution in [2.75, 3.05) is 17.3 Å². The van der Waals surface area contributed by atoms with Crippen molar-refractivity contribution in [3.05, 3.63) is 98.6 Å². The van der Waals surface area contributed by atoms with E-state index < -0.39 is 35.3 Å². The molecule has 2 amide bonds. The number of anilines is 1. The van der Waals surface area contributed by atoms with Gasteiger partial charge in [0, 0.05) is 17.5 Å². The van der Waals surface area contributed by atoms with E-state index in [4.69, 9.17) is 11.6 Å². The van der Waals surface area contributed by atoms with Crippen LogP contribution in [0.15, 0.2) is 54.6 Å². The molecule has 3 rings (SSSR count). The SMILES string of the molecule is CSC[C@H](C)NC(=O)c1cccc(Cl)c1C(=O)Nc1ccc(Cc2cc(C(F)(F)F)cc(C(F)(F)F)c2)cc1C. The second-order valence-corrected chi connectivity index (χ2v) is 10.5. The summed E-state index contributed by atoms with van der Waals surface area (Å²) in [6, 6.07) is 10.3. The highest BCUT2D eigenvalue weighted by molar-refractivity contribution is 7.98. The Morgan fingerprint density at radius 3 is 2.08 bits per heavy atom. The number of amides is 2. The topological polar surface area (TPSA) is 58.2 Å². The molecule has 3 aromatic rings. The first-order chi connectivity index (χ1) is 18.6. The molecule has 2 N–H and O–H groups in total. The Labute approximate surface area is 236 Å². The van der Waals surface area contributed by atoms with E-state index in [0.717, 1.165) is 0 Å². The minimum atomic E-state index is -4.94. The summed E-state index contributed by atoms with van der Waals surface area (Å²) in [5.74, 6) is -0.463. The zero-order valence-corrected chi connectivity index (χ0v) is 23.1. The van der Waals surface area contributed by atoms with Crippen LogP contribution in [-0.4, -0.2) is 29.9 Å². The number of nitrogens with one attached hydrogen (secondary N) is 2. The van der Waals surface area contributed by atoms with Crippen molar-refractivity contribution in [2.45, 2.75) is 38.7 Å². The van der Waals surface area contributed by atoms with Gasteiger partial charge in [-0.3, -0.25) is 9.59 Å². The fourth-order valence-corrected chi connectivity index (χ4v) is 4.90. The van der Waals surface area contributed by atoms with E-state index >= 15 is 0 Å². The van der Waals surface area contributed by atoms with Gasteiger partial charge in [-0.15, -0.1) is 0 Å². The fraction of sp³-hybridized carbons (Fsp3) is 0.286. The number of hydrogen-bond acceptors (Lipinski definition) is 3. The summed E-state index contributed by atoms with van der Waals surface area (Å²) in [7, 11) is 0. The standard InChI is InChI=1S/C28H25ClF6N2O2S/c1-15-9-17(10-18-11-19(27(30,31)32)13-20(12-18)28(33,34)35)7-8-23(15)37-26(39)24-21(5-4-6-22(24)29)25(38)36-16(2)14-40-3/h4-9,11-13,16H,10,14H2,1-3H3,(H,36,38)(H,37,39)/t16-/m0/s1. The predicted octanol–water partition coefficient (Wildman–Crippen LogP) is 8.01. The minimum absolute atomic E-state index is 0.0369. The van der Waals surface area contributed by atoms with E-state index in [1.807, 2.05) is 13.2 Å². The van der Waals surface area contributed by atoms with Crippen molar-refractivity contribution in [1.29, 1.82) is 0 Å². The van der Waals surface area contributed by atoms with Crippen LogP contribution < -0.4 is 10.6 Å². The van der Waals surface area contributed by atoms with Gasteiger partial charge in [-0.25, -0.2) is 0 Å². The molecule has 40 heavy (non-hydrogen) atoms. The Balaban J connectivity index is 1.85. The summed E-state index contributed by atoms with van der Waals surface area (Å²) in [6.45, 7) is 3.45. The normalized spacial score (nSPS) is 12.7. The van der Waals surface area contributed by atoms with Crippen LogP contribution in [0.4, 0.5) is 32.0 Å². The number of halogens is 7. The highest BCUT2D eigenvalue weighted by Gasteiger charge is 2.36. The molecule has 0 radical (unpaired) electrons. The number of alkyl halides is 6. The van der Waals surface area contributed by atoms with Gasteiger partial charge in [-0.1, -0.05) is 29.8 Å². The van der Waals surface area contributed by atoms with Crippen LogP contribution in [-0.2, 0) is 18.8 Å². The number of carbonyl (C=O) groups excluding carboxylic acids is 2. The van der Waals surface area contributed by atoms with Crippen molar-refractivity contribution < 1.29 is 35.9 Å². The molecule has 4 nitrogen and oxygen atoms in total. The van der Waals surface area contributed by atoms with Gasteiger partial charge in [0.25, 0.3) is 11.8 Å². The molecule has 3 aromatic carbocycles. The number of rotatable bonds is 8. The van der Waals surface area contributed by atoms with E-state index in [2.05, 4.69) is 10.6 Å². The van der Waals surface area contributed by atoms with Crippen LogP contribution in [0.2, 0.25) is 5.02 Å². The summed E-state index contributed by atoms with van der Waals surface area (Å²) in [4.78, 5) is 26.0. The largest absolute Gasteiger partial charge is 0.416 e. The number of benzene rings is 3. The minimum Gasteiger partial charge on any atom is -0.349 e. The third-order valence-corrected chi connectivity index (χ3v) is 7.02. The van der Waals surface area contributed by atoms with Gasteiger partial charge < -0.3 is 10.6 Å². The maximum atomic E-state index is 13.2. The first-order valence-electron chi connectivity index (χ1n) is 11.9. The first-order valence-corrected chi connectivity index (χ1v) is 13.6. The fourth-order valence-electron chi connectivity index (χ4n) is 4.06. The van der Waals surface area contributed by atoms with Gasteiger partial charge in [-0.2, -0.15) is 38.1 Å². The number of thioether (sulfide) groups is 1. The molecule has 12 heteroatoms. The van der Waals surface area contributed by atoms with Crippen LogP contribution in [0.1, 0.15) is 55.5 Å². The molecule has 0 aromatic heterocycles. The average molecular weight is 603 g/mol. The van der Waals surface area contributed by atoms with Gasteiger partial charge >= 0.3 is 12.4 Å². The summed E-state index contributed by atoms with van der Waals surface area (Å²) < 4.78 is 79.3.